The Kier molecular flexibility index (Phi) is 3.98. The van der Waals surface area contributed by atoms with Crippen molar-refractivity contribution in [2.75, 3.05) is 19.7 Å². The molecule has 0 radical (unpaired) electrons. The van der Waals surface area contributed by atoms with Gasteiger partial charge in [-0.1, -0.05) is 0 Å². The molecule has 1 aromatic heterocycles. The Morgan fingerprint density at radius 3 is 3.11 bits per heavy atom. The fourth-order valence-electron chi connectivity index (χ4n) is 2.35. The molecule has 0 spiro atoms. The number of hydrogen-bond donors (Lipinski definition) is 2. The smallest absolute Gasteiger partial charge is 0.244 e. The van der Waals surface area contributed by atoms with Gasteiger partial charge in [-0.15, -0.1) is 0 Å². The van der Waals surface area contributed by atoms with Gasteiger partial charge in [0.25, 0.3) is 0 Å². The highest BCUT2D eigenvalue weighted by Crippen LogP contribution is 2.19. The second-order valence-corrected chi connectivity index (χ2v) is 4.90. The Morgan fingerprint density at radius 2 is 2.50 bits per heavy atom. The van der Waals surface area contributed by atoms with Crippen molar-refractivity contribution < 1.29 is 9.90 Å². The highest BCUT2D eigenvalue weighted by atomic mass is 16.3. The van der Waals surface area contributed by atoms with E-state index in [4.69, 9.17) is 10.8 Å². The number of carbonyl (C=O) groups is 1. The van der Waals surface area contributed by atoms with Crippen LogP contribution < -0.4 is 5.73 Å². The van der Waals surface area contributed by atoms with E-state index in [-0.39, 0.29) is 18.4 Å². The number of aliphatic hydroxyl groups excluding tert-OH is 1. The van der Waals surface area contributed by atoms with Crippen molar-refractivity contribution in [3.05, 3.63) is 18.0 Å². The zero-order valence-corrected chi connectivity index (χ0v) is 10.6. The molecular weight excluding hydrogens is 232 g/mol. The number of nitrogens with two attached hydrogens (primary N) is 1. The number of nitrogens with zero attached hydrogens (tertiary/aromatic N) is 3. The topological polar surface area (TPSA) is 84.4 Å². The van der Waals surface area contributed by atoms with Crippen LogP contribution in [0.25, 0.3) is 0 Å². The number of likely N-dealkylation sites (tertiary alicyclic amines) is 1. The summed E-state index contributed by atoms with van der Waals surface area (Å²) < 4.78 is 1.63. The maximum absolute atomic E-state index is 12.3. The molecular formula is C12H20N4O2. The van der Waals surface area contributed by atoms with Gasteiger partial charge in [0.1, 0.15) is 6.04 Å². The normalized spacial score (nSPS) is 21.9. The van der Waals surface area contributed by atoms with Crippen LogP contribution in [0.15, 0.2) is 12.4 Å². The molecule has 1 aliphatic heterocycles. The molecule has 1 aromatic rings. The first-order chi connectivity index (χ1) is 8.61. The molecule has 6 heteroatoms. The lowest BCUT2D eigenvalue weighted by Crippen LogP contribution is -2.45. The van der Waals surface area contributed by atoms with Crippen LogP contribution in [0.2, 0.25) is 0 Å². The van der Waals surface area contributed by atoms with Gasteiger partial charge in [-0.25, -0.2) is 0 Å². The summed E-state index contributed by atoms with van der Waals surface area (Å²) in [5, 5.41) is 13.2. The summed E-state index contributed by atoms with van der Waals surface area (Å²) in [6.07, 6.45) is 5.28. The van der Waals surface area contributed by atoms with Gasteiger partial charge in [0.2, 0.25) is 5.91 Å². The number of amides is 1. The monoisotopic (exact) mass is 252 g/mol. The first-order valence-corrected chi connectivity index (χ1v) is 6.25. The van der Waals surface area contributed by atoms with E-state index in [1.165, 1.54) is 0 Å². The van der Waals surface area contributed by atoms with E-state index in [9.17, 15) is 4.79 Å². The molecule has 2 heterocycles. The minimum Gasteiger partial charge on any atom is -0.396 e. The van der Waals surface area contributed by atoms with Gasteiger partial charge in [-0.05, 0) is 18.8 Å². The summed E-state index contributed by atoms with van der Waals surface area (Å²) in [6, 6.07) is -0.656. The van der Waals surface area contributed by atoms with Crippen LogP contribution in [-0.4, -0.2) is 45.4 Å². The SMILES string of the molecule is Cn1cc(C(N)C(=O)N2CCCC(CO)C2)cn1. The molecule has 3 N–H and O–H groups in total. The van der Waals surface area contributed by atoms with E-state index in [0.29, 0.717) is 6.54 Å². The van der Waals surface area contributed by atoms with Crippen molar-refractivity contribution in [2.45, 2.75) is 18.9 Å². The fourth-order valence-corrected chi connectivity index (χ4v) is 2.35. The van der Waals surface area contributed by atoms with Crippen LogP contribution in [-0.2, 0) is 11.8 Å². The Balaban J connectivity index is 2.02. The third kappa shape index (κ3) is 2.70. The van der Waals surface area contributed by atoms with Crippen LogP contribution in [0.4, 0.5) is 0 Å². The van der Waals surface area contributed by atoms with Gasteiger partial charge in [-0.2, -0.15) is 5.10 Å². The van der Waals surface area contributed by atoms with Crippen molar-refractivity contribution in [3.63, 3.8) is 0 Å². The molecule has 100 valence electrons. The molecule has 1 amide bonds. The second kappa shape index (κ2) is 5.49. The molecule has 2 rings (SSSR count). The average molecular weight is 252 g/mol. The molecule has 2 atom stereocenters. The largest absolute Gasteiger partial charge is 0.396 e. The quantitative estimate of drug-likeness (QED) is 0.770. The zero-order chi connectivity index (χ0) is 13.1. The van der Waals surface area contributed by atoms with E-state index >= 15 is 0 Å². The highest BCUT2D eigenvalue weighted by Gasteiger charge is 2.28. The molecule has 1 fully saturated rings. The maximum Gasteiger partial charge on any atom is 0.244 e. The molecule has 6 nitrogen and oxygen atoms in total. The Bertz CT molecular complexity index is 418. The molecule has 0 aliphatic carbocycles. The van der Waals surface area contributed by atoms with Crippen molar-refractivity contribution in [1.82, 2.24) is 14.7 Å². The fraction of sp³-hybridized carbons (Fsp3) is 0.667. The molecule has 0 saturated carbocycles. The number of carbonyl (C=O) groups excluding carboxylic acids is 1. The van der Waals surface area contributed by atoms with Crippen molar-refractivity contribution >= 4 is 5.91 Å². The lowest BCUT2D eigenvalue weighted by atomic mass is 9.98. The number of rotatable bonds is 3. The number of hydrogen-bond acceptors (Lipinski definition) is 4. The van der Waals surface area contributed by atoms with Gasteiger partial charge in [0.05, 0.1) is 6.20 Å². The zero-order valence-electron chi connectivity index (χ0n) is 10.6. The van der Waals surface area contributed by atoms with Crippen molar-refractivity contribution in [1.29, 1.82) is 0 Å². The lowest BCUT2D eigenvalue weighted by Gasteiger charge is -2.33. The summed E-state index contributed by atoms with van der Waals surface area (Å²) in [4.78, 5) is 14.0. The van der Waals surface area contributed by atoms with Gasteiger partial charge in [-0.3, -0.25) is 9.48 Å². The van der Waals surface area contributed by atoms with Crippen LogP contribution >= 0.6 is 0 Å². The van der Waals surface area contributed by atoms with E-state index in [1.54, 1.807) is 29.0 Å². The summed E-state index contributed by atoms with van der Waals surface area (Å²) in [6.45, 7) is 1.46. The first kappa shape index (κ1) is 13.0. The highest BCUT2D eigenvalue weighted by molar-refractivity contribution is 5.83. The van der Waals surface area contributed by atoms with Crippen LogP contribution in [0.1, 0.15) is 24.4 Å². The standard InChI is InChI=1S/C12H20N4O2/c1-15-7-10(5-14-15)11(13)12(18)16-4-2-3-9(6-16)8-17/h5,7,9,11,17H,2-4,6,8,13H2,1H3. The lowest BCUT2D eigenvalue weighted by molar-refractivity contribution is -0.134. The van der Waals surface area contributed by atoms with E-state index in [2.05, 4.69) is 5.10 Å². The van der Waals surface area contributed by atoms with Crippen molar-refractivity contribution in [3.8, 4) is 0 Å². The third-order valence-electron chi connectivity index (χ3n) is 3.44. The summed E-state index contributed by atoms with van der Waals surface area (Å²) in [5.41, 5.74) is 6.69. The summed E-state index contributed by atoms with van der Waals surface area (Å²) in [7, 11) is 1.80. The number of aryl methyl sites for hydroxylation is 1. The van der Waals surface area contributed by atoms with Gasteiger partial charge >= 0.3 is 0 Å². The van der Waals surface area contributed by atoms with Gasteiger partial charge < -0.3 is 15.7 Å². The van der Waals surface area contributed by atoms with Gasteiger partial charge in [0.15, 0.2) is 0 Å². The Labute approximate surface area is 106 Å². The minimum atomic E-state index is -0.656. The second-order valence-electron chi connectivity index (χ2n) is 4.90. The minimum absolute atomic E-state index is 0.0823. The molecule has 1 aliphatic rings. The van der Waals surface area contributed by atoms with E-state index < -0.39 is 6.04 Å². The Morgan fingerprint density at radius 1 is 1.72 bits per heavy atom. The Hall–Kier alpha value is -1.40. The molecule has 2 unspecified atom stereocenters. The maximum atomic E-state index is 12.3. The molecule has 0 bridgehead atoms. The summed E-state index contributed by atoms with van der Waals surface area (Å²) in [5.74, 6) is 0.102. The van der Waals surface area contributed by atoms with Crippen molar-refractivity contribution in [2.24, 2.45) is 18.7 Å². The van der Waals surface area contributed by atoms with Crippen LogP contribution in [0.3, 0.4) is 0 Å². The predicted molar refractivity (Wildman–Crippen MR) is 66.5 cm³/mol. The average Bonchev–Trinajstić information content (AvgIpc) is 2.83. The number of piperidine rings is 1. The third-order valence-corrected chi connectivity index (χ3v) is 3.44. The number of aliphatic hydroxyl groups is 1. The molecule has 18 heavy (non-hydrogen) atoms. The van der Waals surface area contributed by atoms with Gasteiger partial charge in [0, 0.05) is 38.5 Å². The molecule has 1 saturated heterocycles. The van der Waals surface area contributed by atoms with Crippen LogP contribution in [0, 0.1) is 5.92 Å². The van der Waals surface area contributed by atoms with E-state index in [1.807, 2.05) is 0 Å². The summed E-state index contributed by atoms with van der Waals surface area (Å²) >= 11 is 0. The molecule has 0 aromatic carbocycles. The van der Waals surface area contributed by atoms with E-state index in [0.717, 1.165) is 24.9 Å². The number of aromatic nitrogens is 2. The predicted octanol–water partition coefficient (Wildman–Crippen LogP) is -0.349. The first-order valence-electron chi connectivity index (χ1n) is 6.25. The van der Waals surface area contributed by atoms with Crippen LogP contribution in [0.5, 0.6) is 0 Å².